The average Bonchev–Trinajstić information content (AvgIpc) is 2.40. The zero-order valence-corrected chi connectivity index (χ0v) is 8.81. The van der Waals surface area contributed by atoms with Crippen molar-refractivity contribution in [2.75, 3.05) is 0 Å². The molecule has 14 heavy (non-hydrogen) atoms. The predicted molar refractivity (Wildman–Crippen MR) is 58.3 cm³/mol. The van der Waals surface area contributed by atoms with Gasteiger partial charge in [-0.2, -0.15) is 0 Å². The van der Waals surface area contributed by atoms with Gasteiger partial charge in [0, 0.05) is 15.0 Å². The molecule has 0 fully saturated rings. The lowest BCUT2D eigenvalue weighted by molar-refractivity contribution is 0.0699. The van der Waals surface area contributed by atoms with Gasteiger partial charge in [-0.25, -0.2) is 4.79 Å². The van der Waals surface area contributed by atoms with E-state index in [9.17, 15) is 4.79 Å². The highest BCUT2D eigenvalue weighted by atomic mass is 32.1. The zero-order valence-electron chi connectivity index (χ0n) is 8.00. The quantitative estimate of drug-likeness (QED) is 0.777. The number of aryl methyl sites for hydroxylation is 2. The molecule has 0 amide bonds. The van der Waals surface area contributed by atoms with E-state index in [2.05, 4.69) is 0 Å². The predicted octanol–water partition coefficient (Wildman–Crippen LogP) is 3.22. The number of thiophene rings is 1. The van der Waals surface area contributed by atoms with Crippen LogP contribution in [-0.4, -0.2) is 11.1 Å². The summed E-state index contributed by atoms with van der Waals surface area (Å²) in [4.78, 5) is 11.9. The first-order valence-electron chi connectivity index (χ1n) is 4.32. The van der Waals surface area contributed by atoms with E-state index < -0.39 is 5.97 Å². The van der Waals surface area contributed by atoms with Crippen LogP contribution in [0.1, 0.15) is 20.8 Å². The summed E-state index contributed by atoms with van der Waals surface area (Å²) in [5.74, 6) is -0.834. The molecular formula is C11H10O2S. The molecular weight excluding hydrogens is 196 g/mol. The number of rotatable bonds is 1. The van der Waals surface area contributed by atoms with Crippen molar-refractivity contribution in [2.24, 2.45) is 0 Å². The summed E-state index contributed by atoms with van der Waals surface area (Å²) in [6, 6.07) is 5.92. The topological polar surface area (TPSA) is 37.3 Å². The van der Waals surface area contributed by atoms with E-state index in [1.165, 1.54) is 11.3 Å². The third-order valence-electron chi connectivity index (χ3n) is 2.23. The number of carbonyl (C=O) groups is 1. The second-order valence-electron chi connectivity index (χ2n) is 3.34. The smallest absolute Gasteiger partial charge is 0.337 e. The maximum atomic E-state index is 11.0. The van der Waals surface area contributed by atoms with Gasteiger partial charge < -0.3 is 5.11 Å². The van der Waals surface area contributed by atoms with E-state index in [1.807, 2.05) is 32.0 Å². The molecule has 0 aliphatic heterocycles. The van der Waals surface area contributed by atoms with Crippen LogP contribution in [0.25, 0.3) is 10.1 Å². The molecule has 1 aromatic heterocycles. The van der Waals surface area contributed by atoms with Crippen LogP contribution in [0.15, 0.2) is 18.2 Å². The molecule has 0 atom stereocenters. The van der Waals surface area contributed by atoms with Crippen LogP contribution in [0.5, 0.6) is 0 Å². The number of aromatic carboxylic acids is 1. The molecule has 2 aromatic rings. The SMILES string of the molecule is Cc1ccc2sc(C)c(C(=O)O)c2c1. The van der Waals surface area contributed by atoms with Gasteiger partial charge in [0.15, 0.2) is 0 Å². The van der Waals surface area contributed by atoms with Crippen LogP contribution in [0, 0.1) is 13.8 Å². The van der Waals surface area contributed by atoms with Crippen LogP contribution in [-0.2, 0) is 0 Å². The molecule has 0 saturated carbocycles. The van der Waals surface area contributed by atoms with Crippen molar-refractivity contribution < 1.29 is 9.90 Å². The molecule has 0 saturated heterocycles. The number of benzene rings is 1. The molecule has 72 valence electrons. The Labute approximate surface area is 85.8 Å². The van der Waals surface area contributed by atoms with E-state index in [4.69, 9.17) is 5.11 Å². The van der Waals surface area contributed by atoms with E-state index in [-0.39, 0.29) is 0 Å². The summed E-state index contributed by atoms with van der Waals surface area (Å²) in [5.41, 5.74) is 1.55. The molecule has 0 unspecified atom stereocenters. The Hall–Kier alpha value is -1.35. The van der Waals surface area contributed by atoms with Crippen molar-refractivity contribution in [3.8, 4) is 0 Å². The Bertz CT molecular complexity index is 511. The van der Waals surface area contributed by atoms with Crippen molar-refractivity contribution in [2.45, 2.75) is 13.8 Å². The molecule has 0 radical (unpaired) electrons. The molecule has 0 aliphatic rings. The minimum absolute atomic E-state index is 0.453. The van der Waals surface area contributed by atoms with Crippen LogP contribution < -0.4 is 0 Å². The monoisotopic (exact) mass is 206 g/mol. The van der Waals surface area contributed by atoms with Crippen molar-refractivity contribution in [1.82, 2.24) is 0 Å². The van der Waals surface area contributed by atoms with Gasteiger partial charge in [0.2, 0.25) is 0 Å². The van der Waals surface area contributed by atoms with Gasteiger partial charge >= 0.3 is 5.97 Å². The fourth-order valence-electron chi connectivity index (χ4n) is 1.60. The van der Waals surface area contributed by atoms with E-state index in [1.54, 1.807) is 0 Å². The van der Waals surface area contributed by atoms with E-state index in [0.29, 0.717) is 5.56 Å². The first-order valence-corrected chi connectivity index (χ1v) is 5.14. The summed E-state index contributed by atoms with van der Waals surface area (Å²) >= 11 is 1.53. The van der Waals surface area contributed by atoms with Crippen LogP contribution in [0.2, 0.25) is 0 Å². The maximum Gasteiger partial charge on any atom is 0.337 e. The van der Waals surface area contributed by atoms with Gasteiger partial charge in [-0.15, -0.1) is 11.3 Å². The Kier molecular flexibility index (Phi) is 2.04. The summed E-state index contributed by atoms with van der Waals surface area (Å²) in [6.07, 6.45) is 0. The van der Waals surface area contributed by atoms with Gasteiger partial charge in [0.25, 0.3) is 0 Å². The lowest BCUT2D eigenvalue weighted by Crippen LogP contribution is -1.96. The van der Waals surface area contributed by atoms with Crippen LogP contribution in [0.3, 0.4) is 0 Å². The third-order valence-corrected chi connectivity index (χ3v) is 3.32. The second-order valence-corrected chi connectivity index (χ2v) is 4.59. The van der Waals surface area contributed by atoms with Gasteiger partial charge in [0.1, 0.15) is 0 Å². The van der Waals surface area contributed by atoms with Gasteiger partial charge in [-0.3, -0.25) is 0 Å². The fourth-order valence-corrected chi connectivity index (χ4v) is 2.64. The molecule has 3 heteroatoms. The lowest BCUT2D eigenvalue weighted by atomic mass is 10.1. The highest BCUT2D eigenvalue weighted by Crippen LogP contribution is 2.31. The molecule has 0 spiro atoms. The molecule has 2 rings (SSSR count). The average molecular weight is 206 g/mol. The number of hydrogen-bond acceptors (Lipinski definition) is 2. The number of carboxylic acid groups (broad SMARTS) is 1. The van der Waals surface area contributed by atoms with Crippen molar-refractivity contribution >= 4 is 27.4 Å². The summed E-state index contributed by atoms with van der Waals surface area (Å²) in [5, 5.41) is 9.91. The Morgan fingerprint density at radius 1 is 1.36 bits per heavy atom. The molecule has 1 aromatic carbocycles. The molecule has 0 bridgehead atoms. The fraction of sp³-hybridized carbons (Fsp3) is 0.182. The molecule has 0 aliphatic carbocycles. The maximum absolute atomic E-state index is 11.0. The van der Waals surface area contributed by atoms with Crippen LogP contribution in [0.4, 0.5) is 0 Å². The molecule has 2 nitrogen and oxygen atoms in total. The second kappa shape index (κ2) is 3.10. The Morgan fingerprint density at radius 3 is 2.71 bits per heavy atom. The minimum Gasteiger partial charge on any atom is -0.478 e. The standard InChI is InChI=1S/C11H10O2S/c1-6-3-4-9-8(5-6)10(11(12)13)7(2)14-9/h3-5H,1-2H3,(H,12,13). The zero-order chi connectivity index (χ0) is 10.3. The van der Waals surface area contributed by atoms with E-state index >= 15 is 0 Å². The summed E-state index contributed by atoms with van der Waals surface area (Å²) in [7, 11) is 0. The first-order chi connectivity index (χ1) is 6.59. The van der Waals surface area contributed by atoms with Crippen molar-refractivity contribution in [3.63, 3.8) is 0 Å². The van der Waals surface area contributed by atoms with Gasteiger partial charge in [-0.05, 0) is 26.0 Å². The van der Waals surface area contributed by atoms with Gasteiger partial charge in [-0.1, -0.05) is 11.6 Å². The highest BCUT2D eigenvalue weighted by molar-refractivity contribution is 7.19. The van der Waals surface area contributed by atoms with E-state index in [0.717, 1.165) is 20.5 Å². The molecule has 1 heterocycles. The largest absolute Gasteiger partial charge is 0.478 e. The number of fused-ring (bicyclic) bond motifs is 1. The highest BCUT2D eigenvalue weighted by Gasteiger charge is 2.14. The third kappa shape index (κ3) is 1.30. The normalized spacial score (nSPS) is 10.7. The first kappa shape index (κ1) is 9.21. The minimum atomic E-state index is -0.834. The Morgan fingerprint density at radius 2 is 2.07 bits per heavy atom. The Balaban J connectivity index is 2.86. The summed E-state index contributed by atoms with van der Waals surface area (Å²) < 4.78 is 1.05. The van der Waals surface area contributed by atoms with Gasteiger partial charge in [0.05, 0.1) is 5.56 Å². The molecule has 1 N–H and O–H groups in total. The summed E-state index contributed by atoms with van der Waals surface area (Å²) in [6.45, 7) is 3.82. The van der Waals surface area contributed by atoms with Crippen molar-refractivity contribution in [1.29, 1.82) is 0 Å². The number of hydrogen-bond donors (Lipinski definition) is 1. The lowest BCUT2D eigenvalue weighted by Gasteiger charge is -1.95. The van der Waals surface area contributed by atoms with Crippen LogP contribution >= 0.6 is 11.3 Å². The number of carboxylic acids is 1. The van der Waals surface area contributed by atoms with Crippen molar-refractivity contribution in [3.05, 3.63) is 34.2 Å².